The predicted octanol–water partition coefficient (Wildman–Crippen LogP) is 2.69. The minimum atomic E-state index is -0.307. The number of anilines is 1. The Morgan fingerprint density at radius 3 is 3.00 bits per heavy atom. The lowest BCUT2D eigenvalue weighted by Crippen LogP contribution is -2.50. The van der Waals surface area contributed by atoms with E-state index in [9.17, 15) is 9.18 Å². The molecule has 0 aromatic heterocycles. The smallest absolute Gasteiger partial charge is 0.244 e. The Kier molecular flexibility index (Phi) is 4.35. The van der Waals surface area contributed by atoms with Crippen LogP contribution in [0.3, 0.4) is 0 Å². The number of hydrogen-bond acceptors (Lipinski definition) is 2. The average Bonchev–Trinajstić information content (AvgIpc) is 2.33. The van der Waals surface area contributed by atoms with Crippen molar-refractivity contribution in [3.63, 3.8) is 0 Å². The molecule has 1 unspecified atom stereocenters. The number of likely N-dealkylation sites (N-methyl/N-ethyl adjacent to an activating group) is 1. The van der Waals surface area contributed by atoms with Gasteiger partial charge in [0.1, 0.15) is 5.82 Å². The minimum Gasteiger partial charge on any atom is -0.310 e. The van der Waals surface area contributed by atoms with E-state index in [1.54, 1.807) is 11.0 Å². The molecule has 1 amide bonds. The number of amides is 1. The lowest BCUT2D eigenvalue weighted by molar-refractivity contribution is -0.121. The molecule has 1 aromatic carbocycles. The van der Waals surface area contributed by atoms with Gasteiger partial charge in [-0.3, -0.25) is 4.79 Å². The SMILES string of the molecule is CCNC1CCCN(c2ccc(F)cc2Br)C1=O. The van der Waals surface area contributed by atoms with Gasteiger partial charge in [-0.25, -0.2) is 4.39 Å². The zero-order valence-electron chi connectivity index (χ0n) is 10.2. The van der Waals surface area contributed by atoms with Gasteiger partial charge in [0.25, 0.3) is 0 Å². The molecule has 1 aliphatic rings. The molecule has 0 radical (unpaired) electrons. The summed E-state index contributed by atoms with van der Waals surface area (Å²) < 4.78 is 13.7. The lowest BCUT2D eigenvalue weighted by Gasteiger charge is -2.33. The first kappa shape index (κ1) is 13.5. The molecule has 1 aromatic rings. The van der Waals surface area contributed by atoms with E-state index in [2.05, 4.69) is 21.2 Å². The van der Waals surface area contributed by atoms with E-state index in [4.69, 9.17) is 0 Å². The van der Waals surface area contributed by atoms with Crippen molar-refractivity contribution in [1.82, 2.24) is 5.32 Å². The highest BCUT2D eigenvalue weighted by atomic mass is 79.9. The van der Waals surface area contributed by atoms with Crippen LogP contribution in [0.4, 0.5) is 10.1 Å². The summed E-state index contributed by atoms with van der Waals surface area (Å²) in [6.45, 7) is 3.44. The Labute approximate surface area is 114 Å². The summed E-state index contributed by atoms with van der Waals surface area (Å²) in [6, 6.07) is 4.29. The lowest BCUT2D eigenvalue weighted by atomic mass is 10.0. The van der Waals surface area contributed by atoms with Crippen LogP contribution in [-0.4, -0.2) is 25.0 Å². The largest absolute Gasteiger partial charge is 0.310 e. The fourth-order valence-corrected chi connectivity index (χ4v) is 2.82. The van der Waals surface area contributed by atoms with E-state index in [0.29, 0.717) is 11.0 Å². The predicted molar refractivity (Wildman–Crippen MR) is 73.2 cm³/mol. The number of carbonyl (C=O) groups is 1. The molecule has 1 N–H and O–H groups in total. The highest BCUT2D eigenvalue weighted by molar-refractivity contribution is 9.10. The molecule has 0 aliphatic carbocycles. The van der Waals surface area contributed by atoms with Gasteiger partial charge in [0.2, 0.25) is 5.91 Å². The van der Waals surface area contributed by atoms with Gasteiger partial charge >= 0.3 is 0 Å². The maximum absolute atomic E-state index is 13.1. The molecule has 0 saturated carbocycles. The molecule has 2 rings (SSSR count). The standard InChI is InChI=1S/C13H16BrFN2O/c1-2-16-11-4-3-7-17(13(11)18)12-6-5-9(15)8-10(12)14/h5-6,8,11,16H,2-4,7H2,1H3. The van der Waals surface area contributed by atoms with Crippen LogP contribution in [0.5, 0.6) is 0 Å². The third-order valence-electron chi connectivity index (χ3n) is 3.09. The van der Waals surface area contributed by atoms with Gasteiger partial charge in [-0.15, -0.1) is 0 Å². The molecule has 1 aliphatic heterocycles. The molecule has 18 heavy (non-hydrogen) atoms. The van der Waals surface area contributed by atoms with E-state index in [0.717, 1.165) is 25.1 Å². The van der Waals surface area contributed by atoms with Crippen molar-refractivity contribution in [3.05, 3.63) is 28.5 Å². The van der Waals surface area contributed by atoms with Crippen molar-refractivity contribution in [2.45, 2.75) is 25.8 Å². The zero-order chi connectivity index (χ0) is 13.1. The van der Waals surface area contributed by atoms with Gasteiger partial charge in [0.15, 0.2) is 0 Å². The van der Waals surface area contributed by atoms with Crippen LogP contribution in [0.25, 0.3) is 0 Å². The summed E-state index contributed by atoms with van der Waals surface area (Å²) >= 11 is 3.31. The van der Waals surface area contributed by atoms with Crippen LogP contribution in [0.15, 0.2) is 22.7 Å². The van der Waals surface area contributed by atoms with Crippen molar-refractivity contribution in [2.24, 2.45) is 0 Å². The number of rotatable bonds is 3. The van der Waals surface area contributed by atoms with Gasteiger partial charge in [0.05, 0.1) is 11.7 Å². The quantitative estimate of drug-likeness (QED) is 0.930. The number of benzene rings is 1. The van der Waals surface area contributed by atoms with E-state index >= 15 is 0 Å². The third kappa shape index (κ3) is 2.72. The molecule has 3 nitrogen and oxygen atoms in total. The van der Waals surface area contributed by atoms with Crippen molar-refractivity contribution in [3.8, 4) is 0 Å². The first-order chi connectivity index (χ1) is 8.63. The second kappa shape index (κ2) is 5.80. The van der Waals surface area contributed by atoms with Crippen LogP contribution >= 0.6 is 15.9 Å². The number of piperidine rings is 1. The molecule has 5 heteroatoms. The van der Waals surface area contributed by atoms with Crippen LogP contribution in [0.1, 0.15) is 19.8 Å². The van der Waals surface area contributed by atoms with Crippen molar-refractivity contribution in [1.29, 1.82) is 0 Å². The summed E-state index contributed by atoms with van der Waals surface area (Å²) in [5, 5.41) is 3.18. The first-order valence-electron chi connectivity index (χ1n) is 6.13. The Hall–Kier alpha value is -0.940. The number of nitrogens with one attached hydrogen (secondary N) is 1. The fourth-order valence-electron chi connectivity index (χ4n) is 2.25. The number of halogens is 2. The topological polar surface area (TPSA) is 32.3 Å². The molecule has 1 saturated heterocycles. The molecular formula is C13H16BrFN2O. The van der Waals surface area contributed by atoms with Crippen molar-refractivity contribution in [2.75, 3.05) is 18.0 Å². The molecule has 1 fully saturated rings. The molecule has 1 atom stereocenters. The zero-order valence-corrected chi connectivity index (χ0v) is 11.8. The molecule has 1 heterocycles. The maximum Gasteiger partial charge on any atom is 0.244 e. The second-order valence-electron chi connectivity index (χ2n) is 4.34. The summed E-state index contributed by atoms with van der Waals surface area (Å²) in [5.74, 6) is -0.242. The normalized spacial score (nSPS) is 20.3. The van der Waals surface area contributed by atoms with Gasteiger partial charge in [-0.05, 0) is 53.5 Å². The van der Waals surface area contributed by atoms with E-state index in [-0.39, 0.29) is 17.8 Å². The monoisotopic (exact) mass is 314 g/mol. The summed E-state index contributed by atoms with van der Waals surface area (Å²) in [7, 11) is 0. The maximum atomic E-state index is 13.1. The summed E-state index contributed by atoms with van der Waals surface area (Å²) in [5.41, 5.74) is 0.740. The van der Waals surface area contributed by atoms with Crippen LogP contribution in [0, 0.1) is 5.82 Å². The van der Waals surface area contributed by atoms with E-state index in [1.165, 1.54) is 12.1 Å². The van der Waals surface area contributed by atoms with Gasteiger partial charge in [-0.1, -0.05) is 6.92 Å². The second-order valence-corrected chi connectivity index (χ2v) is 5.19. The Balaban J connectivity index is 2.24. The minimum absolute atomic E-state index is 0.0652. The Morgan fingerprint density at radius 1 is 1.56 bits per heavy atom. The highest BCUT2D eigenvalue weighted by Crippen LogP contribution is 2.29. The van der Waals surface area contributed by atoms with Crippen molar-refractivity contribution < 1.29 is 9.18 Å². The van der Waals surface area contributed by atoms with Gasteiger partial charge in [-0.2, -0.15) is 0 Å². The summed E-state index contributed by atoms with van der Waals surface area (Å²) in [6.07, 6.45) is 1.81. The van der Waals surface area contributed by atoms with Gasteiger partial charge in [0, 0.05) is 11.0 Å². The fraction of sp³-hybridized carbons (Fsp3) is 0.462. The first-order valence-corrected chi connectivity index (χ1v) is 6.92. The molecule has 0 spiro atoms. The molecular weight excluding hydrogens is 299 g/mol. The molecule has 0 bridgehead atoms. The van der Waals surface area contributed by atoms with Crippen molar-refractivity contribution >= 4 is 27.5 Å². The average molecular weight is 315 g/mol. The van der Waals surface area contributed by atoms with Crippen LogP contribution < -0.4 is 10.2 Å². The Bertz CT molecular complexity index is 451. The Morgan fingerprint density at radius 2 is 2.33 bits per heavy atom. The molecule has 98 valence electrons. The number of carbonyl (C=O) groups excluding carboxylic acids is 1. The highest BCUT2D eigenvalue weighted by Gasteiger charge is 2.29. The third-order valence-corrected chi connectivity index (χ3v) is 3.72. The summed E-state index contributed by atoms with van der Waals surface area (Å²) in [4.78, 5) is 14.0. The number of nitrogens with zero attached hydrogens (tertiary/aromatic N) is 1. The van der Waals surface area contributed by atoms with E-state index in [1.807, 2.05) is 6.92 Å². The van der Waals surface area contributed by atoms with E-state index < -0.39 is 0 Å². The van der Waals surface area contributed by atoms with Crippen LogP contribution in [-0.2, 0) is 4.79 Å². The number of hydrogen-bond donors (Lipinski definition) is 1. The van der Waals surface area contributed by atoms with Crippen LogP contribution in [0.2, 0.25) is 0 Å². The van der Waals surface area contributed by atoms with Gasteiger partial charge < -0.3 is 10.2 Å².